The molecular formula is C13H14FN3O. The number of imidazole rings is 1. The largest absolute Gasteiger partial charge is 0.336 e. The molecule has 94 valence electrons. The molecular weight excluding hydrogens is 233 g/mol. The summed E-state index contributed by atoms with van der Waals surface area (Å²) in [5, 5.41) is 0. The Morgan fingerprint density at radius 3 is 2.83 bits per heavy atom. The van der Waals surface area contributed by atoms with Crippen LogP contribution in [0, 0.1) is 5.82 Å². The molecule has 0 atom stereocenters. The molecule has 1 amide bonds. The van der Waals surface area contributed by atoms with Crippen LogP contribution in [0.15, 0.2) is 18.2 Å². The van der Waals surface area contributed by atoms with E-state index in [-0.39, 0.29) is 11.7 Å². The van der Waals surface area contributed by atoms with Gasteiger partial charge in [-0.2, -0.15) is 0 Å². The van der Waals surface area contributed by atoms with Crippen LogP contribution < -0.4 is 0 Å². The molecule has 2 heterocycles. The second-order valence-corrected chi connectivity index (χ2v) is 4.60. The first kappa shape index (κ1) is 11.2. The molecule has 5 heteroatoms. The monoisotopic (exact) mass is 247 g/mol. The minimum atomic E-state index is -0.330. The van der Waals surface area contributed by atoms with Gasteiger partial charge in [0.25, 0.3) is 5.91 Å². The Morgan fingerprint density at radius 2 is 2.06 bits per heavy atom. The summed E-state index contributed by atoms with van der Waals surface area (Å²) in [6.45, 7) is 1.56. The Kier molecular flexibility index (Phi) is 2.74. The second kappa shape index (κ2) is 4.40. The molecule has 0 aliphatic carbocycles. The summed E-state index contributed by atoms with van der Waals surface area (Å²) in [6, 6.07) is 4.28. The lowest BCUT2D eigenvalue weighted by Gasteiger charge is -2.25. The maximum Gasteiger partial charge on any atom is 0.289 e. The fourth-order valence-electron chi connectivity index (χ4n) is 2.33. The van der Waals surface area contributed by atoms with E-state index in [1.807, 2.05) is 0 Å². The molecule has 1 aromatic heterocycles. The SMILES string of the molecule is O=C(c1nc2ccc(F)cc2[nH]1)N1CCCCC1. The van der Waals surface area contributed by atoms with Gasteiger partial charge >= 0.3 is 0 Å². The highest BCUT2D eigenvalue weighted by atomic mass is 19.1. The number of hydrogen-bond donors (Lipinski definition) is 1. The molecule has 1 N–H and O–H groups in total. The lowest BCUT2D eigenvalue weighted by atomic mass is 10.1. The molecule has 18 heavy (non-hydrogen) atoms. The van der Waals surface area contributed by atoms with E-state index in [1.54, 1.807) is 11.0 Å². The minimum Gasteiger partial charge on any atom is -0.336 e. The van der Waals surface area contributed by atoms with Gasteiger partial charge in [0, 0.05) is 13.1 Å². The van der Waals surface area contributed by atoms with Gasteiger partial charge in [-0.15, -0.1) is 0 Å². The van der Waals surface area contributed by atoms with E-state index in [9.17, 15) is 9.18 Å². The van der Waals surface area contributed by atoms with E-state index in [0.29, 0.717) is 16.9 Å². The van der Waals surface area contributed by atoms with Gasteiger partial charge in [0.05, 0.1) is 11.0 Å². The number of aromatic nitrogens is 2. The first-order chi connectivity index (χ1) is 8.74. The maximum absolute atomic E-state index is 13.1. The third-order valence-electron chi connectivity index (χ3n) is 3.29. The molecule has 0 spiro atoms. The van der Waals surface area contributed by atoms with Crippen molar-refractivity contribution in [1.29, 1.82) is 0 Å². The van der Waals surface area contributed by atoms with Crippen molar-refractivity contribution in [3.05, 3.63) is 29.8 Å². The zero-order valence-corrected chi connectivity index (χ0v) is 9.95. The lowest BCUT2D eigenvalue weighted by Crippen LogP contribution is -2.36. The highest BCUT2D eigenvalue weighted by Crippen LogP contribution is 2.16. The van der Waals surface area contributed by atoms with Crippen molar-refractivity contribution < 1.29 is 9.18 Å². The highest BCUT2D eigenvalue weighted by Gasteiger charge is 2.21. The second-order valence-electron chi connectivity index (χ2n) is 4.60. The molecule has 1 aliphatic heterocycles. The van der Waals surface area contributed by atoms with Gasteiger partial charge in [-0.3, -0.25) is 4.79 Å². The zero-order valence-electron chi connectivity index (χ0n) is 9.95. The summed E-state index contributed by atoms with van der Waals surface area (Å²) in [7, 11) is 0. The quantitative estimate of drug-likeness (QED) is 0.840. The van der Waals surface area contributed by atoms with E-state index in [1.165, 1.54) is 18.6 Å². The van der Waals surface area contributed by atoms with Crippen molar-refractivity contribution in [3.8, 4) is 0 Å². The third kappa shape index (κ3) is 1.96. The van der Waals surface area contributed by atoms with Gasteiger partial charge in [0.15, 0.2) is 5.82 Å². The number of hydrogen-bond acceptors (Lipinski definition) is 2. The molecule has 0 unspecified atom stereocenters. The topological polar surface area (TPSA) is 49.0 Å². The summed E-state index contributed by atoms with van der Waals surface area (Å²) in [5.74, 6) is -0.119. The number of rotatable bonds is 1. The van der Waals surface area contributed by atoms with Crippen LogP contribution in [-0.4, -0.2) is 33.9 Å². The number of nitrogens with one attached hydrogen (secondary N) is 1. The standard InChI is InChI=1S/C13H14FN3O/c14-9-4-5-10-11(8-9)16-12(15-10)13(18)17-6-2-1-3-7-17/h4-5,8H,1-3,6-7H2,(H,15,16). The van der Waals surface area contributed by atoms with Crippen molar-refractivity contribution in [2.45, 2.75) is 19.3 Å². The number of amides is 1. The van der Waals surface area contributed by atoms with Gasteiger partial charge < -0.3 is 9.88 Å². The number of H-pyrrole nitrogens is 1. The lowest BCUT2D eigenvalue weighted by molar-refractivity contribution is 0.0713. The van der Waals surface area contributed by atoms with Crippen LogP contribution in [0.1, 0.15) is 29.9 Å². The van der Waals surface area contributed by atoms with E-state index < -0.39 is 0 Å². The highest BCUT2D eigenvalue weighted by molar-refractivity contribution is 5.94. The number of benzene rings is 1. The van der Waals surface area contributed by atoms with Gasteiger partial charge in [-0.05, 0) is 37.5 Å². The smallest absolute Gasteiger partial charge is 0.289 e. The Hall–Kier alpha value is -1.91. The van der Waals surface area contributed by atoms with Crippen LogP contribution in [0.2, 0.25) is 0 Å². The number of halogens is 1. The summed E-state index contributed by atoms with van der Waals surface area (Å²) < 4.78 is 13.1. The molecule has 2 aromatic rings. The van der Waals surface area contributed by atoms with E-state index in [0.717, 1.165) is 25.9 Å². The van der Waals surface area contributed by atoms with E-state index in [4.69, 9.17) is 0 Å². The molecule has 0 bridgehead atoms. The Labute approximate surface area is 104 Å². The summed E-state index contributed by atoms with van der Waals surface area (Å²) in [4.78, 5) is 21.1. The Bertz CT molecular complexity index is 587. The van der Waals surface area contributed by atoms with Crippen LogP contribution >= 0.6 is 0 Å². The number of carbonyl (C=O) groups excluding carboxylic acids is 1. The number of piperidine rings is 1. The number of aromatic amines is 1. The van der Waals surface area contributed by atoms with Crippen LogP contribution in [0.4, 0.5) is 4.39 Å². The molecule has 1 aromatic carbocycles. The minimum absolute atomic E-state index is 0.0914. The van der Waals surface area contributed by atoms with Crippen LogP contribution in [-0.2, 0) is 0 Å². The third-order valence-corrected chi connectivity index (χ3v) is 3.29. The van der Waals surface area contributed by atoms with Crippen molar-refractivity contribution in [3.63, 3.8) is 0 Å². The molecule has 4 nitrogen and oxygen atoms in total. The van der Waals surface area contributed by atoms with Crippen molar-refractivity contribution in [1.82, 2.24) is 14.9 Å². The molecule has 1 aliphatic rings. The predicted molar refractivity (Wildman–Crippen MR) is 65.8 cm³/mol. The first-order valence-corrected chi connectivity index (χ1v) is 6.18. The molecule has 0 saturated carbocycles. The van der Waals surface area contributed by atoms with Crippen molar-refractivity contribution in [2.24, 2.45) is 0 Å². The number of fused-ring (bicyclic) bond motifs is 1. The van der Waals surface area contributed by atoms with Gasteiger partial charge in [-0.1, -0.05) is 0 Å². The number of nitrogens with zero attached hydrogens (tertiary/aromatic N) is 2. The number of likely N-dealkylation sites (tertiary alicyclic amines) is 1. The fraction of sp³-hybridized carbons (Fsp3) is 0.385. The normalized spacial score (nSPS) is 16.2. The summed E-state index contributed by atoms with van der Waals surface area (Å²) in [5.41, 5.74) is 1.19. The average molecular weight is 247 g/mol. The average Bonchev–Trinajstić information content (AvgIpc) is 2.81. The van der Waals surface area contributed by atoms with Gasteiger partial charge in [0.2, 0.25) is 0 Å². The van der Waals surface area contributed by atoms with Crippen molar-refractivity contribution in [2.75, 3.05) is 13.1 Å². The zero-order chi connectivity index (χ0) is 12.5. The van der Waals surface area contributed by atoms with Crippen molar-refractivity contribution >= 4 is 16.9 Å². The summed E-state index contributed by atoms with van der Waals surface area (Å²) >= 11 is 0. The van der Waals surface area contributed by atoms with E-state index in [2.05, 4.69) is 9.97 Å². The molecule has 3 rings (SSSR count). The predicted octanol–water partition coefficient (Wildman–Crippen LogP) is 2.33. The molecule has 0 radical (unpaired) electrons. The maximum atomic E-state index is 13.1. The fourth-order valence-corrected chi connectivity index (χ4v) is 2.33. The van der Waals surface area contributed by atoms with Gasteiger partial charge in [-0.25, -0.2) is 9.37 Å². The van der Waals surface area contributed by atoms with Crippen LogP contribution in [0.3, 0.4) is 0 Å². The Balaban J connectivity index is 1.91. The van der Waals surface area contributed by atoms with Crippen LogP contribution in [0.5, 0.6) is 0 Å². The number of carbonyl (C=O) groups is 1. The van der Waals surface area contributed by atoms with Gasteiger partial charge in [0.1, 0.15) is 5.82 Å². The van der Waals surface area contributed by atoms with E-state index >= 15 is 0 Å². The Morgan fingerprint density at radius 1 is 1.28 bits per heavy atom. The van der Waals surface area contributed by atoms with Crippen LogP contribution in [0.25, 0.3) is 11.0 Å². The summed E-state index contributed by atoms with van der Waals surface area (Å²) in [6.07, 6.45) is 3.26. The first-order valence-electron chi connectivity index (χ1n) is 6.18. The molecule has 1 saturated heterocycles. The molecule has 1 fully saturated rings.